The van der Waals surface area contributed by atoms with Gasteiger partial charge in [-0.3, -0.25) is 4.79 Å². The van der Waals surface area contributed by atoms with Crippen LogP contribution in [0.1, 0.15) is 28.8 Å². The Hall–Kier alpha value is -1.75. The van der Waals surface area contributed by atoms with Crippen LogP contribution in [0.25, 0.3) is 0 Å². The summed E-state index contributed by atoms with van der Waals surface area (Å²) in [6.07, 6.45) is 7.49. The number of amides is 1. The molecule has 0 saturated carbocycles. The minimum Gasteiger partial charge on any atom is -0.352 e. The van der Waals surface area contributed by atoms with Gasteiger partial charge in [0, 0.05) is 35.9 Å². The van der Waals surface area contributed by atoms with Crippen molar-refractivity contribution in [2.24, 2.45) is 0 Å². The summed E-state index contributed by atoms with van der Waals surface area (Å²) in [5, 5.41) is 2.95. The second-order valence-corrected chi connectivity index (χ2v) is 5.28. The molecule has 0 aliphatic heterocycles. The molecule has 0 spiro atoms. The van der Waals surface area contributed by atoms with E-state index < -0.39 is 0 Å². The summed E-state index contributed by atoms with van der Waals surface area (Å²) in [4.78, 5) is 16.8. The lowest BCUT2D eigenvalue weighted by Crippen LogP contribution is -2.25. The Balaban J connectivity index is 1.73. The number of thiol groups is 1. The highest BCUT2D eigenvalue weighted by molar-refractivity contribution is 7.80. The molecular formula is C15H19N3OS. The number of nitrogens with zero attached hydrogens (tertiary/aromatic N) is 2. The maximum Gasteiger partial charge on any atom is 0.251 e. The van der Waals surface area contributed by atoms with Gasteiger partial charge < -0.3 is 9.88 Å². The van der Waals surface area contributed by atoms with Gasteiger partial charge in [-0.25, -0.2) is 4.98 Å². The monoisotopic (exact) mass is 289 g/mol. The number of aromatic nitrogens is 2. The summed E-state index contributed by atoms with van der Waals surface area (Å²) in [6, 6.07) is 5.61. The fourth-order valence-corrected chi connectivity index (χ4v) is 2.19. The average molecular weight is 289 g/mol. The van der Waals surface area contributed by atoms with Crippen LogP contribution >= 0.6 is 12.6 Å². The Morgan fingerprint density at radius 3 is 3.00 bits per heavy atom. The predicted octanol–water partition coefficient (Wildman–Crippen LogP) is 2.69. The van der Waals surface area contributed by atoms with Crippen molar-refractivity contribution in [3.63, 3.8) is 0 Å². The van der Waals surface area contributed by atoms with Crippen molar-refractivity contribution < 1.29 is 4.79 Å². The first-order valence-corrected chi connectivity index (χ1v) is 7.15. The molecule has 20 heavy (non-hydrogen) atoms. The molecule has 0 unspecified atom stereocenters. The summed E-state index contributed by atoms with van der Waals surface area (Å²) in [6.45, 7) is 3.55. The van der Waals surface area contributed by atoms with Gasteiger partial charge in [0.2, 0.25) is 0 Å². The molecule has 1 heterocycles. The second kappa shape index (κ2) is 7.14. The van der Waals surface area contributed by atoms with Crippen LogP contribution in [0.15, 0.2) is 41.8 Å². The van der Waals surface area contributed by atoms with E-state index in [2.05, 4.69) is 22.9 Å². The smallest absolute Gasteiger partial charge is 0.251 e. The number of benzene rings is 1. The van der Waals surface area contributed by atoms with Crippen molar-refractivity contribution >= 4 is 18.5 Å². The molecule has 0 atom stereocenters. The SMILES string of the molecule is Cc1ccc(S)cc1C(=O)NCCCCn1ccnc1. The highest BCUT2D eigenvalue weighted by Gasteiger charge is 2.08. The van der Waals surface area contributed by atoms with Crippen molar-refractivity contribution in [3.05, 3.63) is 48.0 Å². The Morgan fingerprint density at radius 1 is 1.40 bits per heavy atom. The van der Waals surface area contributed by atoms with Crippen molar-refractivity contribution in [3.8, 4) is 0 Å². The minimum absolute atomic E-state index is 0.0268. The molecule has 1 amide bonds. The van der Waals surface area contributed by atoms with Crippen molar-refractivity contribution in [2.75, 3.05) is 6.54 Å². The maximum absolute atomic E-state index is 12.0. The van der Waals surface area contributed by atoms with Gasteiger partial charge in [0.1, 0.15) is 0 Å². The van der Waals surface area contributed by atoms with E-state index >= 15 is 0 Å². The number of imidazole rings is 1. The topological polar surface area (TPSA) is 46.9 Å². The number of hydrogen-bond donors (Lipinski definition) is 2. The Bertz CT molecular complexity index is 567. The molecular weight excluding hydrogens is 270 g/mol. The maximum atomic E-state index is 12.0. The number of carbonyl (C=O) groups is 1. The normalized spacial score (nSPS) is 10.5. The first-order valence-electron chi connectivity index (χ1n) is 6.70. The molecule has 2 rings (SSSR count). The molecule has 0 radical (unpaired) electrons. The van der Waals surface area contributed by atoms with E-state index in [0.29, 0.717) is 12.1 Å². The summed E-state index contributed by atoms with van der Waals surface area (Å²) in [5.74, 6) is -0.0268. The van der Waals surface area contributed by atoms with Crippen LogP contribution in [0.5, 0.6) is 0 Å². The Morgan fingerprint density at radius 2 is 2.25 bits per heavy atom. The third-order valence-electron chi connectivity index (χ3n) is 3.15. The fraction of sp³-hybridized carbons (Fsp3) is 0.333. The second-order valence-electron chi connectivity index (χ2n) is 4.76. The largest absolute Gasteiger partial charge is 0.352 e. The van der Waals surface area contributed by atoms with Crippen LogP contribution in [0.3, 0.4) is 0 Å². The third-order valence-corrected chi connectivity index (χ3v) is 3.43. The molecule has 0 aliphatic carbocycles. The standard InChI is InChI=1S/C15H19N3OS/c1-12-4-5-13(20)10-14(12)15(19)17-6-2-3-8-18-9-7-16-11-18/h4-5,7,9-11,20H,2-3,6,8H2,1H3,(H,17,19). The third kappa shape index (κ3) is 4.13. The molecule has 1 N–H and O–H groups in total. The minimum atomic E-state index is -0.0268. The van der Waals surface area contributed by atoms with E-state index in [0.717, 1.165) is 29.8 Å². The average Bonchev–Trinajstić information content (AvgIpc) is 2.94. The van der Waals surface area contributed by atoms with Gasteiger partial charge in [-0.05, 0) is 37.5 Å². The molecule has 0 bridgehead atoms. The predicted molar refractivity (Wildman–Crippen MR) is 82.2 cm³/mol. The van der Waals surface area contributed by atoms with Crippen LogP contribution in [-0.4, -0.2) is 22.0 Å². The van der Waals surface area contributed by atoms with E-state index in [1.54, 1.807) is 18.6 Å². The van der Waals surface area contributed by atoms with Crippen molar-refractivity contribution in [1.82, 2.24) is 14.9 Å². The van der Waals surface area contributed by atoms with Gasteiger partial charge in [0.05, 0.1) is 6.33 Å². The molecule has 4 nitrogen and oxygen atoms in total. The molecule has 0 fully saturated rings. The zero-order chi connectivity index (χ0) is 14.4. The van der Waals surface area contributed by atoms with Gasteiger partial charge >= 0.3 is 0 Å². The zero-order valence-corrected chi connectivity index (χ0v) is 12.4. The van der Waals surface area contributed by atoms with E-state index in [1.165, 1.54) is 0 Å². The van der Waals surface area contributed by atoms with Crippen LogP contribution in [0.4, 0.5) is 0 Å². The van der Waals surface area contributed by atoms with Gasteiger partial charge in [0.15, 0.2) is 0 Å². The van der Waals surface area contributed by atoms with Crippen molar-refractivity contribution in [2.45, 2.75) is 31.2 Å². The quantitative estimate of drug-likeness (QED) is 0.634. The number of nitrogens with one attached hydrogen (secondary N) is 1. The molecule has 0 aliphatic rings. The number of aryl methyl sites for hydroxylation is 2. The number of rotatable bonds is 6. The van der Waals surface area contributed by atoms with Crippen LogP contribution in [-0.2, 0) is 6.54 Å². The van der Waals surface area contributed by atoms with Gasteiger partial charge in [-0.1, -0.05) is 6.07 Å². The highest BCUT2D eigenvalue weighted by atomic mass is 32.1. The molecule has 1 aromatic carbocycles. The first-order chi connectivity index (χ1) is 9.66. The van der Waals surface area contributed by atoms with Crippen LogP contribution < -0.4 is 5.32 Å². The molecule has 2 aromatic rings. The highest BCUT2D eigenvalue weighted by Crippen LogP contribution is 2.13. The fourth-order valence-electron chi connectivity index (χ4n) is 1.99. The van der Waals surface area contributed by atoms with E-state index in [1.807, 2.05) is 29.8 Å². The van der Waals surface area contributed by atoms with Crippen molar-refractivity contribution in [1.29, 1.82) is 0 Å². The van der Waals surface area contributed by atoms with Gasteiger partial charge in [0.25, 0.3) is 5.91 Å². The summed E-state index contributed by atoms with van der Waals surface area (Å²) < 4.78 is 2.04. The summed E-state index contributed by atoms with van der Waals surface area (Å²) in [5.41, 5.74) is 1.67. The lowest BCUT2D eigenvalue weighted by atomic mass is 10.1. The Kier molecular flexibility index (Phi) is 5.24. The van der Waals surface area contributed by atoms with Crippen LogP contribution in [0.2, 0.25) is 0 Å². The number of carbonyl (C=O) groups excluding carboxylic acids is 1. The first kappa shape index (κ1) is 14.7. The molecule has 1 aromatic heterocycles. The van der Waals surface area contributed by atoms with Gasteiger partial charge in [-0.2, -0.15) is 0 Å². The molecule has 0 saturated heterocycles. The lowest BCUT2D eigenvalue weighted by Gasteiger charge is -2.08. The summed E-state index contributed by atoms with van der Waals surface area (Å²) in [7, 11) is 0. The lowest BCUT2D eigenvalue weighted by molar-refractivity contribution is 0.0952. The van der Waals surface area contributed by atoms with E-state index in [4.69, 9.17) is 0 Å². The zero-order valence-electron chi connectivity index (χ0n) is 11.5. The molecule has 5 heteroatoms. The van der Waals surface area contributed by atoms with Gasteiger partial charge in [-0.15, -0.1) is 12.6 Å². The van der Waals surface area contributed by atoms with E-state index in [-0.39, 0.29) is 5.91 Å². The number of unbranched alkanes of at least 4 members (excludes halogenated alkanes) is 1. The Labute approximate surface area is 124 Å². The van der Waals surface area contributed by atoms with Crippen LogP contribution in [0, 0.1) is 6.92 Å². The summed E-state index contributed by atoms with van der Waals surface area (Å²) >= 11 is 4.27. The number of hydrogen-bond acceptors (Lipinski definition) is 3. The van der Waals surface area contributed by atoms with E-state index in [9.17, 15) is 4.79 Å². The molecule has 106 valence electrons.